The fourth-order valence-corrected chi connectivity index (χ4v) is 0.886. The summed E-state index contributed by atoms with van der Waals surface area (Å²) in [5, 5.41) is 3.37. The van der Waals surface area contributed by atoms with Crippen LogP contribution >= 0.6 is 0 Å². The van der Waals surface area contributed by atoms with Gasteiger partial charge in [-0.15, -0.1) is 0 Å². The van der Waals surface area contributed by atoms with Crippen molar-refractivity contribution in [3.63, 3.8) is 0 Å². The molecule has 72 valence electrons. The third-order valence-corrected chi connectivity index (χ3v) is 2.33. The molecule has 0 fully saturated rings. The predicted molar refractivity (Wildman–Crippen MR) is 56.8 cm³/mol. The summed E-state index contributed by atoms with van der Waals surface area (Å²) in [7, 11) is 0. The molecule has 1 rings (SSSR count). The fraction of sp³-hybridized carbons (Fsp3) is 0.545. The lowest BCUT2D eigenvalue weighted by Gasteiger charge is -2.28. The van der Waals surface area contributed by atoms with E-state index in [1.807, 2.05) is 18.2 Å². The Bertz CT molecular complexity index is 249. The predicted octanol–water partition coefficient (Wildman–Crippen LogP) is 2.93. The van der Waals surface area contributed by atoms with Crippen molar-refractivity contribution in [3.8, 4) is 0 Å². The van der Waals surface area contributed by atoms with Gasteiger partial charge in [-0.3, -0.25) is 0 Å². The lowest BCUT2D eigenvalue weighted by molar-refractivity contribution is 0.359. The van der Waals surface area contributed by atoms with Crippen LogP contribution in [0.1, 0.15) is 27.7 Å². The van der Waals surface area contributed by atoms with Gasteiger partial charge in [0, 0.05) is 12.2 Å². The highest BCUT2D eigenvalue weighted by Gasteiger charge is 2.19. The molecule has 0 aliphatic heterocycles. The number of hydrogen-bond acceptors (Lipinski definition) is 2. The Morgan fingerprint density at radius 3 is 2.46 bits per heavy atom. The molecule has 0 saturated heterocycles. The van der Waals surface area contributed by atoms with Crippen LogP contribution in [0.2, 0.25) is 0 Å². The first-order valence-electron chi connectivity index (χ1n) is 4.68. The molecule has 2 heteroatoms. The molecule has 0 bridgehead atoms. The van der Waals surface area contributed by atoms with Crippen LogP contribution < -0.4 is 5.32 Å². The Morgan fingerprint density at radius 1 is 1.31 bits per heavy atom. The first kappa shape index (κ1) is 10.0. The molecule has 1 unspecified atom stereocenters. The monoisotopic (exact) mass is 178 g/mol. The van der Waals surface area contributed by atoms with Crippen LogP contribution in [0.4, 0.5) is 5.82 Å². The maximum absolute atomic E-state index is 4.22. The summed E-state index contributed by atoms with van der Waals surface area (Å²) in [6, 6.07) is 6.32. The highest BCUT2D eigenvalue weighted by Crippen LogP contribution is 2.21. The van der Waals surface area contributed by atoms with Gasteiger partial charge in [-0.1, -0.05) is 26.8 Å². The van der Waals surface area contributed by atoms with Crippen LogP contribution in [0.25, 0.3) is 0 Å². The minimum Gasteiger partial charge on any atom is -0.367 e. The SMILES string of the molecule is CC(Nc1ccccn1)C(C)(C)C. The molecule has 1 N–H and O–H groups in total. The number of anilines is 1. The smallest absolute Gasteiger partial charge is 0.126 e. The summed E-state index contributed by atoms with van der Waals surface area (Å²) in [6.07, 6.45) is 1.80. The van der Waals surface area contributed by atoms with Crippen LogP contribution in [0.15, 0.2) is 24.4 Å². The van der Waals surface area contributed by atoms with Crippen molar-refractivity contribution in [2.45, 2.75) is 33.7 Å². The fourth-order valence-electron chi connectivity index (χ4n) is 0.886. The second kappa shape index (κ2) is 3.77. The van der Waals surface area contributed by atoms with Gasteiger partial charge in [-0.05, 0) is 24.5 Å². The molecule has 1 atom stereocenters. The molecule has 0 spiro atoms. The molecule has 0 aliphatic rings. The molecule has 2 nitrogen and oxygen atoms in total. The summed E-state index contributed by atoms with van der Waals surface area (Å²) < 4.78 is 0. The Kier molecular flexibility index (Phi) is 2.91. The van der Waals surface area contributed by atoms with E-state index in [1.165, 1.54) is 0 Å². The molecule has 0 radical (unpaired) electrons. The zero-order valence-electron chi connectivity index (χ0n) is 8.83. The highest BCUT2D eigenvalue weighted by atomic mass is 15.0. The van der Waals surface area contributed by atoms with E-state index in [1.54, 1.807) is 6.20 Å². The van der Waals surface area contributed by atoms with Gasteiger partial charge in [0.25, 0.3) is 0 Å². The summed E-state index contributed by atoms with van der Waals surface area (Å²) in [6.45, 7) is 8.82. The standard InChI is InChI=1S/C11H18N2/c1-9(11(2,3)4)13-10-7-5-6-8-12-10/h5-9H,1-4H3,(H,12,13). The molecule has 13 heavy (non-hydrogen) atoms. The van der Waals surface area contributed by atoms with Crippen molar-refractivity contribution < 1.29 is 0 Å². The van der Waals surface area contributed by atoms with Crippen molar-refractivity contribution in [3.05, 3.63) is 24.4 Å². The lowest BCUT2D eigenvalue weighted by atomic mass is 9.88. The van der Waals surface area contributed by atoms with Crippen molar-refractivity contribution in [2.75, 3.05) is 5.32 Å². The Labute approximate surface area is 80.4 Å². The van der Waals surface area contributed by atoms with Crippen LogP contribution in [-0.4, -0.2) is 11.0 Å². The van der Waals surface area contributed by atoms with E-state index in [2.05, 4.69) is 38.0 Å². The van der Waals surface area contributed by atoms with Crippen molar-refractivity contribution in [1.82, 2.24) is 4.98 Å². The zero-order valence-corrected chi connectivity index (χ0v) is 8.83. The van der Waals surface area contributed by atoms with Crippen LogP contribution in [0.5, 0.6) is 0 Å². The van der Waals surface area contributed by atoms with Crippen molar-refractivity contribution >= 4 is 5.82 Å². The minimum atomic E-state index is 0.261. The van der Waals surface area contributed by atoms with Crippen LogP contribution in [0, 0.1) is 5.41 Å². The van der Waals surface area contributed by atoms with Crippen molar-refractivity contribution in [2.24, 2.45) is 5.41 Å². The molecule has 1 aromatic heterocycles. The van der Waals surface area contributed by atoms with Gasteiger partial charge < -0.3 is 5.32 Å². The largest absolute Gasteiger partial charge is 0.367 e. The first-order valence-corrected chi connectivity index (χ1v) is 4.68. The second-order valence-corrected chi connectivity index (χ2v) is 4.45. The number of nitrogens with one attached hydrogen (secondary N) is 1. The number of aromatic nitrogens is 1. The average molecular weight is 178 g/mol. The van der Waals surface area contributed by atoms with E-state index >= 15 is 0 Å². The van der Waals surface area contributed by atoms with Gasteiger partial charge in [0.15, 0.2) is 0 Å². The van der Waals surface area contributed by atoms with Crippen molar-refractivity contribution in [1.29, 1.82) is 0 Å². The van der Waals surface area contributed by atoms with E-state index in [-0.39, 0.29) is 5.41 Å². The quantitative estimate of drug-likeness (QED) is 0.753. The van der Waals surface area contributed by atoms with Gasteiger partial charge in [0.2, 0.25) is 0 Å². The Morgan fingerprint density at radius 2 is 2.00 bits per heavy atom. The van der Waals surface area contributed by atoms with E-state index in [0.29, 0.717) is 6.04 Å². The molecule has 1 aromatic rings. The Balaban J connectivity index is 2.61. The summed E-state index contributed by atoms with van der Waals surface area (Å²) in [5.74, 6) is 0.949. The van der Waals surface area contributed by atoms with Gasteiger partial charge >= 0.3 is 0 Å². The molecule has 0 aromatic carbocycles. The molecule has 0 aliphatic carbocycles. The maximum Gasteiger partial charge on any atom is 0.126 e. The number of pyridine rings is 1. The average Bonchev–Trinajstić information content (AvgIpc) is 2.04. The van der Waals surface area contributed by atoms with Gasteiger partial charge in [-0.25, -0.2) is 4.98 Å². The third-order valence-electron chi connectivity index (χ3n) is 2.33. The maximum atomic E-state index is 4.22. The number of rotatable bonds is 2. The zero-order chi connectivity index (χ0) is 9.90. The lowest BCUT2D eigenvalue weighted by Crippen LogP contribution is -2.31. The minimum absolute atomic E-state index is 0.261. The summed E-state index contributed by atoms with van der Waals surface area (Å²) in [5.41, 5.74) is 0.261. The highest BCUT2D eigenvalue weighted by molar-refractivity contribution is 5.34. The van der Waals surface area contributed by atoms with Crippen LogP contribution in [-0.2, 0) is 0 Å². The molecule has 1 heterocycles. The summed E-state index contributed by atoms with van der Waals surface area (Å²) in [4.78, 5) is 4.22. The van der Waals surface area contributed by atoms with Crippen LogP contribution in [0.3, 0.4) is 0 Å². The molecule has 0 saturated carbocycles. The topological polar surface area (TPSA) is 24.9 Å². The summed E-state index contributed by atoms with van der Waals surface area (Å²) >= 11 is 0. The molecular weight excluding hydrogens is 160 g/mol. The van der Waals surface area contributed by atoms with E-state index in [9.17, 15) is 0 Å². The number of hydrogen-bond donors (Lipinski definition) is 1. The Hall–Kier alpha value is -1.05. The van der Waals surface area contributed by atoms with E-state index in [0.717, 1.165) is 5.82 Å². The normalized spacial score (nSPS) is 13.8. The second-order valence-electron chi connectivity index (χ2n) is 4.45. The molecule has 0 amide bonds. The van der Waals surface area contributed by atoms with Gasteiger partial charge in [-0.2, -0.15) is 0 Å². The molecular formula is C11H18N2. The first-order chi connectivity index (χ1) is 6.00. The van der Waals surface area contributed by atoms with E-state index < -0.39 is 0 Å². The van der Waals surface area contributed by atoms with Gasteiger partial charge in [0.1, 0.15) is 5.82 Å². The van der Waals surface area contributed by atoms with Gasteiger partial charge in [0.05, 0.1) is 0 Å². The third kappa shape index (κ3) is 3.05. The van der Waals surface area contributed by atoms with E-state index in [4.69, 9.17) is 0 Å². The number of nitrogens with zero attached hydrogens (tertiary/aromatic N) is 1.